The second-order valence-electron chi connectivity index (χ2n) is 2.73. The summed E-state index contributed by atoms with van der Waals surface area (Å²) in [5, 5.41) is 0. The number of aromatic nitrogens is 2. The van der Waals surface area contributed by atoms with Crippen LogP contribution >= 0.6 is 0 Å². The van der Waals surface area contributed by atoms with Crippen molar-refractivity contribution in [2.45, 2.75) is 13.0 Å². The van der Waals surface area contributed by atoms with Crippen LogP contribution in [0.1, 0.15) is 6.92 Å². The minimum atomic E-state index is -0.541. The number of nitrogens with zero attached hydrogens (tertiary/aromatic N) is 2. The minimum absolute atomic E-state index is 0.135. The number of nitrogens with two attached hydrogens (primary N) is 2. The standard InChI is InChI=1S/C7H12N4O2/c1-5(8)4-13-11-3-2-6(9)10-7(11)12/h2-3,5H,4,8H2,1H3,(H2,9,10,12). The van der Waals surface area contributed by atoms with E-state index in [4.69, 9.17) is 16.3 Å². The molecule has 6 heteroatoms. The first-order valence-corrected chi connectivity index (χ1v) is 3.83. The van der Waals surface area contributed by atoms with E-state index in [1.54, 1.807) is 6.92 Å². The van der Waals surface area contributed by atoms with E-state index >= 15 is 0 Å². The molecular formula is C7H12N4O2. The first kappa shape index (κ1) is 9.53. The third kappa shape index (κ3) is 2.75. The zero-order valence-electron chi connectivity index (χ0n) is 7.30. The molecule has 0 aromatic carbocycles. The van der Waals surface area contributed by atoms with Gasteiger partial charge in [-0.2, -0.15) is 4.98 Å². The van der Waals surface area contributed by atoms with Crippen molar-refractivity contribution >= 4 is 5.82 Å². The summed E-state index contributed by atoms with van der Waals surface area (Å²) in [5.41, 5.74) is 10.2. The van der Waals surface area contributed by atoms with E-state index in [1.807, 2.05) is 0 Å². The molecule has 0 saturated carbocycles. The third-order valence-electron chi connectivity index (χ3n) is 1.27. The van der Waals surface area contributed by atoms with Crippen LogP contribution in [0.25, 0.3) is 0 Å². The molecular weight excluding hydrogens is 172 g/mol. The highest BCUT2D eigenvalue weighted by Gasteiger charge is 1.99. The largest absolute Gasteiger partial charge is 0.408 e. The summed E-state index contributed by atoms with van der Waals surface area (Å²) in [5.74, 6) is 0.172. The van der Waals surface area contributed by atoms with Gasteiger partial charge in [0.15, 0.2) is 0 Å². The quantitative estimate of drug-likeness (QED) is 0.602. The molecule has 1 rings (SSSR count). The molecule has 0 amide bonds. The van der Waals surface area contributed by atoms with Crippen molar-refractivity contribution in [3.8, 4) is 0 Å². The first-order valence-electron chi connectivity index (χ1n) is 3.83. The van der Waals surface area contributed by atoms with Gasteiger partial charge in [-0.15, -0.1) is 4.73 Å². The molecule has 13 heavy (non-hydrogen) atoms. The van der Waals surface area contributed by atoms with Gasteiger partial charge in [0, 0.05) is 12.1 Å². The van der Waals surface area contributed by atoms with Crippen LogP contribution in [-0.4, -0.2) is 22.4 Å². The Kier molecular flexibility index (Phi) is 2.86. The molecule has 0 bridgehead atoms. The number of hydrogen-bond acceptors (Lipinski definition) is 5. The summed E-state index contributed by atoms with van der Waals surface area (Å²) >= 11 is 0. The van der Waals surface area contributed by atoms with E-state index < -0.39 is 5.69 Å². The van der Waals surface area contributed by atoms with E-state index in [2.05, 4.69) is 4.98 Å². The maximum absolute atomic E-state index is 11.1. The second kappa shape index (κ2) is 3.90. The number of nitrogen functional groups attached to an aromatic ring is 1. The highest BCUT2D eigenvalue weighted by atomic mass is 16.7. The van der Waals surface area contributed by atoms with Gasteiger partial charge in [0.25, 0.3) is 0 Å². The lowest BCUT2D eigenvalue weighted by Crippen LogP contribution is -2.35. The van der Waals surface area contributed by atoms with Crippen LogP contribution < -0.4 is 22.0 Å². The predicted octanol–water partition coefficient (Wildman–Crippen LogP) is -1.40. The van der Waals surface area contributed by atoms with Gasteiger partial charge in [-0.3, -0.25) is 0 Å². The maximum Gasteiger partial charge on any atom is 0.382 e. The fourth-order valence-corrected chi connectivity index (χ4v) is 0.701. The predicted molar refractivity (Wildman–Crippen MR) is 48.0 cm³/mol. The fourth-order valence-electron chi connectivity index (χ4n) is 0.701. The van der Waals surface area contributed by atoms with Gasteiger partial charge in [0.1, 0.15) is 12.4 Å². The summed E-state index contributed by atoms with van der Waals surface area (Å²) in [6.07, 6.45) is 1.41. The van der Waals surface area contributed by atoms with Gasteiger partial charge in [-0.1, -0.05) is 0 Å². The van der Waals surface area contributed by atoms with E-state index in [0.717, 1.165) is 4.73 Å². The zero-order chi connectivity index (χ0) is 9.84. The molecule has 1 aromatic heterocycles. The monoisotopic (exact) mass is 184 g/mol. The Balaban J connectivity index is 2.73. The summed E-state index contributed by atoms with van der Waals surface area (Å²) in [6.45, 7) is 2.03. The van der Waals surface area contributed by atoms with Gasteiger partial charge in [0.2, 0.25) is 0 Å². The third-order valence-corrected chi connectivity index (χ3v) is 1.27. The normalized spacial score (nSPS) is 12.5. The van der Waals surface area contributed by atoms with Gasteiger partial charge >= 0.3 is 5.69 Å². The molecule has 1 heterocycles. The summed E-state index contributed by atoms with van der Waals surface area (Å²) in [6, 6.07) is 1.34. The molecule has 0 radical (unpaired) electrons. The molecule has 6 nitrogen and oxygen atoms in total. The molecule has 0 saturated heterocycles. The van der Waals surface area contributed by atoms with Crippen LogP contribution in [0.5, 0.6) is 0 Å². The molecule has 4 N–H and O–H groups in total. The molecule has 0 fully saturated rings. The summed E-state index contributed by atoms with van der Waals surface area (Å²) in [7, 11) is 0. The highest BCUT2D eigenvalue weighted by molar-refractivity contribution is 5.23. The maximum atomic E-state index is 11.1. The van der Waals surface area contributed by atoms with E-state index in [9.17, 15) is 4.79 Å². The van der Waals surface area contributed by atoms with Gasteiger partial charge in [-0.05, 0) is 6.92 Å². The molecule has 0 aliphatic heterocycles. The van der Waals surface area contributed by atoms with Crippen LogP contribution in [0, 0.1) is 0 Å². The van der Waals surface area contributed by atoms with Crippen molar-refractivity contribution in [3.05, 3.63) is 22.7 Å². The van der Waals surface area contributed by atoms with Crippen molar-refractivity contribution < 1.29 is 4.84 Å². The SMILES string of the molecule is CC(N)COn1ccc(N)nc1=O. The van der Waals surface area contributed by atoms with Gasteiger partial charge < -0.3 is 16.3 Å². The van der Waals surface area contributed by atoms with E-state index in [1.165, 1.54) is 12.3 Å². The molecule has 1 unspecified atom stereocenters. The number of rotatable bonds is 3. The van der Waals surface area contributed by atoms with Crippen LogP contribution in [0.15, 0.2) is 17.1 Å². The Morgan fingerprint density at radius 2 is 2.46 bits per heavy atom. The van der Waals surface area contributed by atoms with Crippen LogP contribution in [0.2, 0.25) is 0 Å². The summed E-state index contributed by atoms with van der Waals surface area (Å²) in [4.78, 5) is 19.5. The highest BCUT2D eigenvalue weighted by Crippen LogP contribution is 1.87. The molecule has 0 aliphatic carbocycles. The molecule has 0 spiro atoms. The Bertz CT molecular complexity index is 334. The Morgan fingerprint density at radius 1 is 1.77 bits per heavy atom. The van der Waals surface area contributed by atoms with Crippen molar-refractivity contribution in [3.63, 3.8) is 0 Å². The Hall–Kier alpha value is -1.56. The molecule has 72 valence electrons. The van der Waals surface area contributed by atoms with Gasteiger partial charge in [-0.25, -0.2) is 4.79 Å². The lowest BCUT2D eigenvalue weighted by molar-refractivity contribution is 0.0908. The molecule has 1 atom stereocenters. The number of hydrogen-bond donors (Lipinski definition) is 2. The zero-order valence-corrected chi connectivity index (χ0v) is 7.30. The van der Waals surface area contributed by atoms with Crippen molar-refractivity contribution in [1.29, 1.82) is 0 Å². The van der Waals surface area contributed by atoms with Crippen LogP contribution in [0.3, 0.4) is 0 Å². The average Bonchev–Trinajstić information content (AvgIpc) is 2.02. The van der Waals surface area contributed by atoms with Crippen molar-refractivity contribution in [2.24, 2.45) is 5.73 Å². The topological polar surface area (TPSA) is 96.2 Å². The second-order valence-corrected chi connectivity index (χ2v) is 2.73. The Labute approximate surface area is 75.1 Å². The van der Waals surface area contributed by atoms with Crippen LogP contribution in [0.4, 0.5) is 5.82 Å². The van der Waals surface area contributed by atoms with Crippen molar-refractivity contribution in [1.82, 2.24) is 9.71 Å². The first-order chi connectivity index (χ1) is 6.09. The van der Waals surface area contributed by atoms with E-state index in [0.29, 0.717) is 0 Å². The van der Waals surface area contributed by atoms with Crippen LogP contribution in [-0.2, 0) is 0 Å². The molecule has 0 aliphatic rings. The van der Waals surface area contributed by atoms with E-state index in [-0.39, 0.29) is 18.5 Å². The van der Waals surface area contributed by atoms with Gasteiger partial charge in [0.05, 0.1) is 6.20 Å². The minimum Gasteiger partial charge on any atom is -0.408 e. The molecule has 1 aromatic rings. The average molecular weight is 184 g/mol. The Morgan fingerprint density at radius 3 is 3.00 bits per heavy atom. The smallest absolute Gasteiger partial charge is 0.382 e. The summed E-state index contributed by atoms with van der Waals surface area (Å²) < 4.78 is 1.000. The lowest BCUT2D eigenvalue weighted by Gasteiger charge is -2.08. The lowest BCUT2D eigenvalue weighted by atomic mass is 10.4. The number of anilines is 1. The fraction of sp³-hybridized carbons (Fsp3) is 0.429. The van der Waals surface area contributed by atoms with Crippen molar-refractivity contribution in [2.75, 3.05) is 12.3 Å².